The maximum absolute atomic E-state index is 13.4. The molecule has 34 heavy (non-hydrogen) atoms. The maximum atomic E-state index is 13.4. The second-order valence-electron chi connectivity index (χ2n) is 7.58. The molecule has 0 radical (unpaired) electrons. The maximum Gasteiger partial charge on any atom is 0.216 e. The molecule has 2 aromatic heterocycles. The molecular formula is C24H22N6O3S. The van der Waals surface area contributed by atoms with Gasteiger partial charge in [0.25, 0.3) is 0 Å². The van der Waals surface area contributed by atoms with Crippen molar-refractivity contribution in [1.82, 2.24) is 19.7 Å². The number of aliphatic imine (C=N–C) groups is 1. The van der Waals surface area contributed by atoms with E-state index in [-0.39, 0.29) is 17.7 Å². The summed E-state index contributed by atoms with van der Waals surface area (Å²) in [7, 11) is -2.03. The Bertz CT molecular complexity index is 1590. The largest absolute Gasteiger partial charge is 0.404 e. The number of aromatic nitrogens is 3. The molecule has 0 amide bonds. The zero-order chi connectivity index (χ0) is 24.1. The number of benzene rings is 1. The van der Waals surface area contributed by atoms with Crippen molar-refractivity contribution in [3.8, 4) is 0 Å². The number of rotatable bonds is 7. The fraction of sp³-hybridized carbons (Fsp3) is 0.125. The van der Waals surface area contributed by atoms with Crippen molar-refractivity contribution in [3.63, 3.8) is 0 Å². The predicted octanol–water partition coefficient (Wildman–Crippen LogP) is 2.16. The summed E-state index contributed by atoms with van der Waals surface area (Å²) in [5, 5.41) is 1.49. The minimum atomic E-state index is -3.66. The number of allylic oxidation sites excluding steroid dienone is 1. The average Bonchev–Trinajstić information content (AvgIpc) is 2.98. The lowest BCUT2D eigenvalue weighted by molar-refractivity contribution is 0.580. The van der Waals surface area contributed by atoms with Gasteiger partial charge in [-0.25, -0.2) is 23.1 Å². The summed E-state index contributed by atoms with van der Waals surface area (Å²) in [6.45, 7) is 0.0790. The molecule has 4 rings (SSSR count). The van der Waals surface area contributed by atoms with Crippen LogP contribution in [0.1, 0.15) is 16.7 Å². The molecule has 0 aliphatic heterocycles. The van der Waals surface area contributed by atoms with E-state index in [1.54, 1.807) is 68.3 Å². The first-order valence-electron chi connectivity index (χ1n) is 10.3. The second kappa shape index (κ2) is 9.86. The van der Waals surface area contributed by atoms with E-state index in [9.17, 15) is 13.2 Å². The van der Waals surface area contributed by atoms with Crippen molar-refractivity contribution in [1.29, 1.82) is 0 Å². The molecule has 2 heterocycles. The Morgan fingerprint density at radius 3 is 2.56 bits per heavy atom. The standard InChI is InChI=1S/C24H22N6O3S/c1-26-12-20(8-25)19-7-22-23(29-13-19)5-4-18-3-2-16(6-21(18)24(22)31)14-34(32,33)30-11-17-9-27-15-28-10-17/h2-10,12-13,15,30H,11,14,25H2,1H3. The lowest BCUT2D eigenvalue weighted by atomic mass is 10.1. The first-order valence-corrected chi connectivity index (χ1v) is 12.0. The molecule has 3 N–H and O–H groups in total. The van der Waals surface area contributed by atoms with Gasteiger partial charge in [-0.15, -0.1) is 0 Å². The summed E-state index contributed by atoms with van der Waals surface area (Å²) < 4.78 is 27.8. The highest BCUT2D eigenvalue weighted by Gasteiger charge is 2.13. The van der Waals surface area contributed by atoms with Gasteiger partial charge >= 0.3 is 0 Å². The molecule has 172 valence electrons. The predicted molar refractivity (Wildman–Crippen MR) is 134 cm³/mol. The number of nitrogens with one attached hydrogen (secondary N) is 1. The Morgan fingerprint density at radius 1 is 1.06 bits per heavy atom. The van der Waals surface area contributed by atoms with E-state index in [4.69, 9.17) is 5.73 Å². The summed E-state index contributed by atoms with van der Waals surface area (Å²) in [4.78, 5) is 29.6. The molecule has 0 atom stereocenters. The Morgan fingerprint density at radius 2 is 1.82 bits per heavy atom. The SMILES string of the molecule is CN=CC(=CN)c1cnc2ccc3ccc(CS(=O)(=O)NCc4cncnc4)cc3c(=O)c2c1. The van der Waals surface area contributed by atoms with E-state index in [0.717, 1.165) is 0 Å². The molecule has 0 unspecified atom stereocenters. The highest BCUT2D eigenvalue weighted by atomic mass is 32.2. The van der Waals surface area contributed by atoms with Gasteiger partial charge in [-0.05, 0) is 29.1 Å². The molecule has 9 nitrogen and oxygen atoms in total. The van der Waals surface area contributed by atoms with E-state index >= 15 is 0 Å². The van der Waals surface area contributed by atoms with Crippen LogP contribution in [-0.2, 0) is 22.3 Å². The molecule has 0 saturated heterocycles. The molecule has 0 aliphatic carbocycles. The number of fused-ring (bicyclic) bond motifs is 2. The smallest absolute Gasteiger partial charge is 0.216 e. The van der Waals surface area contributed by atoms with Crippen molar-refractivity contribution in [2.75, 3.05) is 7.05 Å². The van der Waals surface area contributed by atoms with Crippen LogP contribution in [0.4, 0.5) is 0 Å². The zero-order valence-corrected chi connectivity index (χ0v) is 19.2. The Kier molecular flexibility index (Phi) is 6.71. The van der Waals surface area contributed by atoms with Crippen molar-refractivity contribution >= 4 is 43.5 Å². The number of nitrogens with zero attached hydrogens (tertiary/aromatic N) is 4. The fourth-order valence-electron chi connectivity index (χ4n) is 3.53. The number of pyridine rings is 1. The highest BCUT2D eigenvalue weighted by Crippen LogP contribution is 2.20. The summed E-state index contributed by atoms with van der Waals surface area (Å²) >= 11 is 0. The molecular weight excluding hydrogens is 452 g/mol. The molecule has 4 aromatic rings. The summed E-state index contributed by atoms with van der Waals surface area (Å²) in [5.74, 6) is -0.275. The number of nitrogens with two attached hydrogens (primary N) is 1. The molecule has 0 aliphatic rings. The number of hydrogen-bond acceptors (Lipinski definition) is 8. The first kappa shape index (κ1) is 23.1. The minimum Gasteiger partial charge on any atom is -0.404 e. The van der Waals surface area contributed by atoms with Crippen LogP contribution in [0, 0.1) is 0 Å². The second-order valence-corrected chi connectivity index (χ2v) is 9.38. The Balaban J connectivity index is 1.72. The third-order valence-electron chi connectivity index (χ3n) is 5.19. The van der Waals surface area contributed by atoms with Gasteiger partial charge in [0.2, 0.25) is 10.0 Å². The first-order chi connectivity index (χ1) is 16.4. The monoisotopic (exact) mass is 474 g/mol. The third kappa shape index (κ3) is 5.13. The van der Waals surface area contributed by atoms with Gasteiger partial charge in [0.05, 0.1) is 11.3 Å². The van der Waals surface area contributed by atoms with E-state index in [2.05, 4.69) is 24.7 Å². The van der Waals surface area contributed by atoms with Crippen LogP contribution < -0.4 is 15.9 Å². The Labute approximate surface area is 196 Å². The van der Waals surface area contributed by atoms with Crippen molar-refractivity contribution in [3.05, 3.63) is 94.4 Å². The van der Waals surface area contributed by atoms with E-state index < -0.39 is 10.0 Å². The van der Waals surface area contributed by atoms with Crippen molar-refractivity contribution in [2.45, 2.75) is 12.3 Å². The van der Waals surface area contributed by atoms with E-state index in [1.165, 1.54) is 12.5 Å². The highest BCUT2D eigenvalue weighted by molar-refractivity contribution is 7.88. The average molecular weight is 475 g/mol. The third-order valence-corrected chi connectivity index (χ3v) is 6.49. The lowest BCUT2D eigenvalue weighted by Gasteiger charge is -2.07. The van der Waals surface area contributed by atoms with Gasteiger partial charge in [0.15, 0.2) is 5.43 Å². The van der Waals surface area contributed by atoms with Gasteiger partial charge in [-0.2, -0.15) is 0 Å². The van der Waals surface area contributed by atoms with Gasteiger partial charge in [-0.1, -0.05) is 18.2 Å². The number of hydrogen-bond donors (Lipinski definition) is 2. The van der Waals surface area contributed by atoms with Crippen molar-refractivity contribution < 1.29 is 8.42 Å². The quantitative estimate of drug-likeness (QED) is 0.391. The van der Waals surface area contributed by atoms with Crippen LogP contribution in [0.15, 0.2) is 77.3 Å². The molecule has 0 saturated carbocycles. The van der Waals surface area contributed by atoms with Crippen LogP contribution in [0.5, 0.6) is 0 Å². The molecule has 0 spiro atoms. The normalized spacial score (nSPS) is 12.6. The molecule has 10 heteroatoms. The topological polar surface area (TPSA) is 140 Å². The van der Waals surface area contributed by atoms with Crippen molar-refractivity contribution in [2.24, 2.45) is 10.7 Å². The lowest BCUT2D eigenvalue weighted by Crippen LogP contribution is -2.24. The zero-order valence-electron chi connectivity index (χ0n) is 18.3. The van der Waals surface area contributed by atoms with Crippen LogP contribution in [-0.4, -0.2) is 36.6 Å². The summed E-state index contributed by atoms with van der Waals surface area (Å²) in [5.41, 5.74) is 8.40. The summed E-state index contributed by atoms with van der Waals surface area (Å²) in [6, 6.07) is 10.3. The van der Waals surface area contributed by atoms with Gasteiger partial charge in [-0.3, -0.25) is 14.8 Å². The van der Waals surface area contributed by atoms with Crippen LogP contribution in [0.25, 0.3) is 27.2 Å². The van der Waals surface area contributed by atoms with Gasteiger partial charge in [0, 0.05) is 72.1 Å². The molecule has 0 bridgehead atoms. The van der Waals surface area contributed by atoms with Crippen LogP contribution >= 0.6 is 0 Å². The number of sulfonamides is 1. The van der Waals surface area contributed by atoms with Gasteiger partial charge < -0.3 is 5.73 Å². The van der Waals surface area contributed by atoms with E-state index in [1.807, 2.05) is 0 Å². The summed E-state index contributed by atoms with van der Waals surface area (Å²) in [6.07, 6.45) is 9.08. The molecule has 2 aromatic carbocycles. The van der Waals surface area contributed by atoms with E-state index in [0.29, 0.717) is 43.9 Å². The fourth-order valence-corrected chi connectivity index (χ4v) is 4.64. The van der Waals surface area contributed by atoms with Gasteiger partial charge in [0.1, 0.15) is 6.33 Å². The van der Waals surface area contributed by atoms with Crippen LogP contribution in [0.2, 0.25) is 0 Å². The Hall–Kier alpha value is -4.02. The van der Waals surface area contributed by atoms with Crippen LogP contribution in [0.3, 0.4) is 0 Å². The minimum absolute atomic E-state index is 0.0790. The molecule has 0 fully saturated rings.